The maximum absolute atomic E-state index is 12.4. The summed E-state index contributed by atoms with van der Waals surface area (Å²) >= 11 is 0. The van der Waals surface area contributed by atoms with Gasteiger partial charge in [0.15, 0.2) is 11.5 Å². The number of carbonyl (C=O) groups excluding carboxylic acids is 1. The van der Waals surface area contributed by atoms with E-state index in [-0.39, 0.29) is 6.61 Å². The predicted molar refractivity (Wildman–Crippen MR) is 89.7 cm³/mol. The molecule has 2 aromatic carbocycles. The number of para-hydroxylation sites is 2. The molecular weight excluding hydrogens is 308 g/mol. The van der Waals surface area contributed by atoms with Crippen molar-refractivity contribution in [3.63, 3.8) is 0 Å². The predicted octanol–water partition coefficient (Wildman–Crippen LogP) is 3.48. The summed E-state index contributed by atoms with van der Waals surface area (Å²) in [4.78, 5) is 12.4. The van der Waals surface area contributed by atoms with Crippen molar-refractivity contribution in [2.45, 2.75) is 6.92 Å². The SMILES string of the molecule is CCOc1ccccc1OC(=O)C1=Cc2ccc(OC)cc2OC1. The summed E-state index contributed by atoms with van der Waals surface area (Å²) in [6, 6.07) is 12.5. The van der Waals surface area contributed by atoms with Crippen molar-refractivity contribution in [2.75, 3.05) is 20.3 Å². The molecule has 0 bridgehead atoms. The molecule has 0 spiro atoms. The van der Waals surface area contributed by atoms with Crippen LogP contribution in [0.1, 0.15) is 12.5 Å². The third-order valence-electron chi connectivity index (χ3n) is 3.55. The Hall–Kier alpha value is -2.95. The minimum absolute atomic E-state index is 0.149. The molecule has 0 N–H and O–H groups in total. The number of hydrogen-bond donors (Lipinski definition) is 0. The number of hydrogen-bond acceptors (Lipinski definition) is 5. The highest BCUT2D eigenvalue weighted by Gasteiger charge is 2.20. The maximum Gasteiger partial charge on any atom is 0.343 e. The van der Waals surface area contributed by atoms with Crippen LogP contribution in [0.15, 0.2) is 48.0 Å². The second kappa shape index (κ2) is 7.08. The lowest BCUT2D eigenvalue weighted by Gasteiger charge is -2.18. The summed E-state index contributed by atoms with van der Waals surface area (Å²) in [7, 11) is 1.60. The smallest absolute Gasteiger partial charge is 0.343 e. The van der Waals surface area contributed by atoms with E-state index in [1.165, 1.54) is 0 Å². The molecule has 0 aliphatic carbocycles. The molecule has 0 unspecified atom stereocenters. The Morgan fingerprint density at radius 2 is 1.96 bits per heavy atom. The first-order valence-electron chi connectivity index (χ1n) is 7.66. The Morgan fingerprint density at radius 1 is 1.17 bits per heavy atom. The molecule has 0 aromatic heterocycles. The van der Waals surface area contributed by atoms with Gasteiger partial charge in [-0.15, -0.1) is 0 Å². The highest BCUT2D eigenvalue weighted by molar-refractivity contribution is 5.96. The van der Waals surface area contributed by atoms with Gasteiger partial charge in [-0.25, -0.2) is 4.79 Å². The minimum atomic E-state index is -0.455. The Balaban J connectivity index is 1.80. The lowest BCUT2D eigenvalue weighted by molar-refractivity contribution is -0.130. The first-order chi connectivity index (χ1) is 11.7. The van der Waals surface area contributed by atoms with Gasteiger partial charge < -0.3 is 18.9 Å². The fourth-order valence-corrected chi connectivity index (χ4v) is 2.36. The molecular formula is C19H18O5. The lowest BCUT2D eigenvalue weighted by Crippen LogP contribution is -2.19. The molecule has 1 heterocycles. The molecule has 0 fully saturated rings. The summed E-state index contributed by atoms with van der Waals surface area (Å²) in [5, 5.41) is 0. The van der Waals surface area contributed by atoms with Gasteiger partial charge >= 0.3 is 5.97 Å². The normalized spacial score (nSPS) is 12.5. The molecule has 0 amide bonds. The summed E-state index contributed by atoms with van der Waals surface area (Å²) in [6.07, 6.45) is 1.77. The quantitative estimate of drug-likeness (QED) is 0.622. The Bertz CT molecular complexity index is 779. The standard InChI is InChI=1S/C19H18O5/c1-3-22-16-6-4-5-7-17(16)24-19(20)14-10-13-8-9-15(21-2)11-18(13)23-12-14/h4-11H,3,12H2,1-2H3. The van der Waals surface area contributed by atoms with Gasteiger partial charge in [0.25, 0.3) is 0 Å². The summed E-state index contributed by atoms with van der Waals surface area (Å²) in [5.41, 5.74) is 1.26. The number of ether oxygens (including phenoxy) is 4. The third kappa shape index (κ3) is 3.35. The third-order valence-corrected chi connectivity index (χ3v) is 3.55. The molecule has 1 aliphatic rings. The number of carbonyl (C=O) groups is 1. The number of fused-ring (bicyclic) bond motifs is 1. The van der Waals surface area contributed by atoms with Gasteiger partial charge in [-0.1, -0.05) is 12.1 Å². The van der Waals surface area contributed by atoms with Crippen molar-refractivity contribution in [1.29, 1.82) is 0 Å². The number of benzene rings is 2. The van der Waals surface area contributed by atoms with Crippen LogP contribution in [-0.4, -0.2) is 26.3 Å². The van der Waals surface area contributed by atoms with E-state index in [0.29, 0.717) is 35.2 Å². The Kier molecular flexibility index (Phi) is 4.70. The van der Waals surface area contributed by atoms with E-state index in [1.54, 1.807) is 37.5 Å². The molecule has 5 heteroatoms. The van der Waals surface area contributed by atoms with E-state index in [0.717, 1.165) is 5.56 Å². The van der Waals surface area contributed by atoms with Crippen LogP contribution in [0.4, 0.5) is 0 Å². The van der Waals surface area contributed by atoms with E-state index in [4.69, 9.17) is 18.9 Å². The molecule has 124 valence electrons. The van der Waals surface area contributed by atoms with Gasteiger partial charge in [-0.05, 0) is 37.3 Å². The Morgan fingerprint density at radius 3 is 2.71 bits per heavy atom. The zero-order valence-corrected chi connectivity index (χ0v) is 13.6. The fourth-order valence-electron chi connectivity index (χ4n) is 2.36. The highest BCUT2D eigenvalue weighted by atomic mass is 16.6. The van der Waals surface area contributed by atoms with Crippen molar-refractivity contribution in [3.8, 4) is 23.0 Å². The van der Waals surface area contributed by atoms with Crippen LogP contribution in [0.25, 0.3) is 6.08 Å². The second-order valence-corrected chi connectivity index (χ2v) is 5.13. The van der Waals surface area contributed by atoms with Crippen LogP contribution >= 0.6 is 0 Å². The molecule has 3 rings (SSSR count). The fraction of sp³-hybridized carbons (Fsp3) is 0.211. The summed E-state index contributed by atoms with van der Waals surface area (Å²) in [5.74, 6) is 1.87. The molecule has 5 nitrogen and oxygen atoms in total. The number of esters is 1. The van der Waals surface area contributed by atoms with Crippen LogP contribution in [0.3, 0.4) is 0 Å². The topological polar surface area (TPSA) is 54.0 Å². The minimum Gasteiger partial charge on any atom is -0.497 e. The van der Waals surface area contributed by atoms with E-state index in [1.807, 2.05) is 25.1 Å². The zero-order chi connectivity index (χ0) is 16.9. The molecule has 24 heavy (non-hydrogen) atoms. The van der Waals surface area contributed by atoms with Crippen molar-refractivity contribution in [1.82, 2.24) is 0 Å². The highest BCUT2D eigenvalue weighted by Crippen LogP contribution is 2.32. The van der Waals surface area contributed by atoms with Gasteiger partial charge in [-0.3, -0.25) is 0 Å². The van der Waals surface area contributed by atoms with Crippen molar-refractivity contribution < 1.29 is 23.7 Å². The average molecular weight is 326 g/mol. The summed E-state index contributed by atoms with van der Waals surface area (Å²) in [6.45, 7) is 2.52. The van der Waals surface area contributed by atoms with Crippen LogP contribution < -0.4 is 18.9 Å². The zero-order valence-electron chi connectivity index (χ0n) is 13.6. The van der Waals surface area contributed by atoms with E-state index < -0.39 is 5.97 Å². The monoisotopic (exact) mass is 326 g/mol. The number of methoxy groups -OCH3 is 1. The van der Waals surface area contributed by atoms with E-state index in [2.05, 4.69) is 0 Å². The van der Waals surface area contributed by atoms with Crippen molar-refractivity contribution >= 4 is 12.0 Å². The van der Waals surface area contributed by atoms with Gasteiger partial charge in [0.05, 0.1) is 19.3 Å². The van der Waals surface area contributed by atoms with Gasteiger partial charge in [0.2, 0.25) is 0 Å². The largest absolute Gasteiger partial charge is 0.497 e. The van der Waals surface area contributed by atoms with Crippen LogP contribution in [0.2, 0.25) is 0 Å². The Labute approximate surface area is 140 Å². The molecule has 2 aromatic rings. The number of rotatable bonds is 5. The van der Waals surface area contributed by atoms with Crippen molar-refractivity contribution in [2.24, 2.45) is 0 Å². The summed E-state index contributed by atoms with van der Waals surface area (Å²) < 4.78 is 21.7. The first-order valence-corrected chi connectivity index (χ1v) is 7.66. The second-order valence-electron chi connectivity index (χ2n) is 5.13. The molecule has 0 saturated carbocycles. The van der Waals surface area contributed by atoms with Crippen molar-refractivity contribution in [3.05, 3.63) is 53.6 Å². The van der Waals surface area contributed by atoms with Crippen LogP contribution in [-0.2, 0) is 4.79 Å². The molecule has 1 aliphatic heterocycles. The molecule has 0 radical (unpaired) electrons. The van der Waals surface area contributed by atoms with Gasteiger partial charge in [0, 0.05) is 11.6 Å². The van der Waals surface area contributed by atoms with E-state index in [9.17, 15) is 4.79 Å². The van der Waals surface area contributed by atoms with Crippen LogP contribution in [0, 0.1) is 0 Å². The maximum atomic E-state index is 12.4. The molecule has 0 saturated heterocycles. The molecule has 0 atom stereocenters. The van der Waals surface area contributed by atoms with Gasteiger partial charge in [0.1, 0.15) is 18.1 Å². The van der Waals surface area contributed by atoms with E-state index >= 15 is 0 Å². The van der Waals surface area contributed by atoms with Gasteiger partial charge in [-0.2, -0.15) is 0 Å². The van der Waals surface area contributed by atoms with Crippen LogP contribution in [0.5, 0.6) is 23.0 Å². The average Bonchev–Trinajstić information content (AvgIpc) is 2.62. The lowest BCUT2D eigenvalue weighted by atomic mass is 10.1. The first kappa shape index (κ1) is 15.9.